The summed E-state index contributed by atoms with van der Waals surface area (Å²) in [7, 11) is 0. The lowest BCUT2D eigenvalue weighted by Gasteiger charge is -2.12. The van der Waals surface area contributed by atoms with Crippen molar-refractivity contribution in [2.75, 3.05) is 5.32 Å². The first kappa shape index (κ1) is 12.4. The summed E-state index contributed by atoms with van der Waals surface area (Å²) in [6.45, 7) is 7.75. The second-order valence-electron chi connectivity index (χ2n) is 4.54. The molecule has 4 nitrogen and oxygen atoms in total. The number of nitrogens with zero attached hydrogens (tertiary/aromatic N) is 1. The molecule has 18 heavy (non-hydrogen) atoms. The fraction of sp³-hybridized carbons (Fsp3) is 0.286. The van der Waals surface area contributed by atoms with E-state index in [0.29, 0.717) is 11.3 Å². The number of amides is 1. The molecular formula is C14H16N2O2. The van der Waals surface area contributed by atoms with Gasteiger partial charge in [0.25, 0.3) is 5.91 Å². The maximum atomic E-state index is 12.1. The van der Waals surface area contributed by atoms with Crippen molar-refractivity contribution in [2.24, 2.45) is 0 Å². The average molecular weight is 244 g/mol. The quantitative estimate of drug-likeness (QED) is 0.882. The molecule has 0 aliphatic heterocycles. The van der Waals surface area contributed by atoms with Gasteiger partial charge in [-0.3, -0.25) is 4.79 Å². The van der Waals surface area contributed by atoms with Crippen molar-refractivity contribution in [3.8, 4) is 0 Å². The van der Waals surface area contributed by atoms with Gasteiger partial charge in [0.2, 0.25) is 0 Å². The first-order chi connectivity index (χ1) is 8.49. The lowest BCUT2D eigenvalue weighted by Crippen LogP contribution is -2.14. The Morgan fingerprint density at radius 3 is 2.28 bits per heavy atom. The fourth-order valence-corrected chi connectivity index (χ4v) is 2.07. The SMILES string of the molecule is Cc1cc(C)c(NC(=O)c2conc2C)c(C)c1. The van der Waals surface area contributed by atoms with Crippen molar-refractivity contribution in [2.45, 2.75) is 27.7 Å². The minimum atomic E-state index is -0.191. The van der Waals surface area contributed by atoms with Crippen LogP contribution in [0.1, 0.15) is 32.7 Å². The number of rotatable bonds is 2. The molecule has 1 aromatic heterocycles. The zero-order valence-corrected chi connectivity index (χ0v) is 11.0. The molecule has 1 heterocycles. The molecular weight excluding hydrogens is 228 g/mol. The van der Waals surface area contributed by atoms with Crippen molar-refractivity contribution in [3.05, 3.63) is 46.3 Å². The topological polar surface area (TPSA) is 55.1 Å². The molecule has 0 unspecified atom stereocenters. The van der Waals surface area contributed by atoms with Crippen LogP contribution in [0.4, 0.5) is 5.69 Å². The first-order valence-corrected chi connectivity index (χ1v) is 5.79. The van der Waals surface area contributed by atoms with E-state index in [4.69, 9.17) is 4.52 Å². The summed E-state index contributed by atoms with van der Waals surface area (Å²) in [4.78, 5) is 12.1. The minimum Gasteiger partial charge on any atom is -0.364 e. The normalized spacial score (nSPS) is 10.4. The van der Waals surface area contributed by atoms with Gasteiger partial charge in [0.05, 0.1) is 5.69 Å². The molecule has 0 aliphatic carbocycles. The van der Waals surface area contributed by atoms with Crippen LogP contribution in [0.3, 0.4) is 0 Å². The Labute approximate surface area is 106 Å². The van der Waals surface area contributed by atoms with Gasteiger partial charge in [-0.05, 0) is 38.8 Å². The summed E-state index contributed by atoms with van der Waals surface area (Å²) in [6.07, 6.45) is 1.36. The second-order valence-corrected chi connectivity index (χ2v) is 4.54. The molecule has 0 saturated carbocycles. The molecule has 1 N–H and O–H groups in total. The van der Waals surface area contributed by atoms with Crippen LogP contribution in [0.5, 0.6) is 0 Å². The second kappa shape index (κ2) is 4.64. The smallest absolute Gasteiger partial charge is 0.260 e. The fourth-order valence-electron chi connectivity index (χ4n) is 2.07. The number of hydrogen-bond acceptors (Lipinski definition) is 3. The summed E-state index contributed by atoms with van der Waals surface area (Å²) in [5, 5.41) is 6.61. The van der Waals surface area contributed by atoms with E-state index in [1.54, 1.807) is 6.92 Å². The molecule has 2 aromatic rings. The zero-order chi connectivity index (χ0) is 13.3. The highest BCUT2D eigenvalue weighted by atomic mass is 16.5. The van der Waals surface area contributed by atoms with Gasteiger partial charge < -0.3 is 9.84 Å². The standard InChI is InChI=1S/C14H16N2O2/c1-8-5-9(2)13(10(3)6-8)15-14(17)12-7-18-16-11(12)4/h5-7H,1-4H3,(H,15,17). The van der Waals surface area contributed by atoms with E-state index in [0.717, 1.165) is 16.8 Å². The lowest BCUT2D eigenvalue weighted by molar-refractivity contribution is 0.102. The molecule has 4 heteroatoms. The van der Waals surface area contributed by atoms with Crippen molar-refractivity contribution >= 4 is 11.6 Å². The Balaban J connectivity index is 2.31. The van der Waals surface area contributed by atoms with Crippen LogP contribution in [0.25, 0.3) is 0 Å². The predicted octanol–water partition coefficient (Wildman–Crippen LogP) is 3.16. The number of benzene rings is 1. The number of anilines is 1. The van der Waals surface area contributed by atoms with E-state index in [9.17, 15) is 4.79 Å². The van der Waals surface area contributed by atoms with E-state index in [1.807, 2.05) is 32.9 Å². The number of carbonyl (C=O) groups excluding carboxylic acids is 1. The number of hydrogen-bond donors (Lipinski definition) is 1. The number of aromatic nitrogens is 1. The van der Waals surface area contributed by atoms with Crippen molar-refractivity contribution in [1.82, 2.24) is 5.16 Å². The summed E-state index contributed by atoms with van der Waals surface area (Å²) < 4.78 is 4.77. The Morgan fingerprint density at radius 2 is 1.78 bits per heavy atom. The molecule has 0 spiro atoms. The van der Waals surface area contributed by atoms with E-state index in [1.165, 1.54) is 11.8 Å². The third kappa shape index (κ3) is 2.27. The summed E-state index contributed by atoms with van der Waals surface area (Å²) >= 11 is 0. The van der Waals surface area contributed by atoms with Gasteiger partial charge in [0.15, 0.2) is 0 Å². The number of aryl methyl sites for hydroxylation is 4. The third-order valence-electron chi connectivity index (χ3n) is 2.91. The maximum Gasteiger partial charge on any atom is 0.260 e. The summed E-state index contributed by atoms with van der Waals surface area (Å²) in [6, 6.07) is 4.09. The molecule has 1 aromatic carbocycles. The van der Waals surface area contributed by atoms with Crippen LogP contribution in [0.15, 0.2) is 22.9 Å². The highest BCUT2D eigenvalue weighted by Gasteiger charge is 2.14. The van der Waals surface area contributed by atoms with Gasteiger partial charge in [-0.25, -0.2) is 0 Å². The van der Waals surface area contributed by atoms with Crippen LogP contribution in [-0.2, 0) is 0 Å². The van der Waals surface area contributed by atoms with Crippen LogP contribution < -0.4 is 5.32 Å². The van der Waals surface area contributed by atoms with Gasteiger partial charge in [-0.2, -0.15) is 0 Å². The van der Waals surface area contributed by atoms with Crippen LogP contribution >= 0.6 is 0 Å². The number of nitrogens with one attached hydrogen (secondary N) is 1. The Bertz CT molecular complexity index is 577. The first-order valence-electron chi connectivity index (χ1n) is 5.79. The van der Waals surface area contributed by atoms with Crippen molar-refractivity contribution in [3.63, 3.8) is 0 Å². The molecule has 0 saturated heterocycles. The summed E-state index contributed by atoms with van der Waals surface area (Å²) in [5.74, 6) is -0.191. The summed E-state index contributed by atoms with van der Waals surface area (Å²) in [5.41, 5.74) is 5.20. The van der Waals surface area contributed by atoms with Gasteiger partial charge in [0.1, 0.15) is 11.8 Å². The predicted molar refractivity (Wildman–Crippen MR) is 69.8 cm³/mol. The average Bonchev–Trinajstić information content (AvgIpc) is 2.69. The van der Waals surface area contributed by atoms with Gasteiger partial charge in [0, 0.05) is 5.69 Å². The molecule has 94 valence electrons. The van der Waals surface area contributed by atoms with E-state index >= 15 is 0 Å². The van der Waals surface area contributed by atoms with E-state index in [2.05, 4.69) is 10.5 Å². The van der Waals surface area contributed by atoms with Gasteiger partial charge >= 0.3 is 0 Å². The third-order valence-corrected chi connectivity index (χ3v) is 2.91. The molecule has 0 bridgehead atoms. The van der Waals surface area contributed by atoms with Crippen LogP contribution in [0, 0.1) is 27.7 Å². The van der Waals surface area contributed by atoms with Crippen molar-refractivity contribution < 1.29 is 9.32 Å². The maximum absolute atomic E-state index is 12.1. The van der Waals surface area contributed by atoms with Crippen molar-refractivity contribution in [1.29, 1.82) is 0 Å². The molecule has 0 aliphatic rings. The van der Waals surface area contributed by atoms with Crippen LogP contribution in [0.2, 0.25) is 0 Å². The van der Waals surface area contributed by atoms with Crippen LogP contribution in [-0.4, -0.2) is 11.1 Å². The molecule has 0 atom stereocenters. The zero-order valence-electron chi connectivity index (χ0n) is 11.0. The highest BCUT2D eigenvalue weighted by molar-refractivity contribution is 6.05. The Kier molecular flexibility index (Phi) is 3.19. The van der Waals surface area contributed by atoms with Gasteiger partial charge in [-0.1, -0.05) is 22.9 Å². The Morgan fingerprint density at radius 1 is 1.17 bits per heavy atom. The molecule has 2 rings (SSSR count). The highest BCUT2D eigenvalue weighted by Crippen LogP contribution is 2.22. The molecule has 0 radical (unpaired) electrons. The molecule has 1 amide bonds. The van der Waals surface area contributed by atoms with E-state index < -0.39 is 0 Å². The lowest BCUT2D eigenvalue weighted by atomic mass is 10.0. The Hall–Kier alpha value is -2.10. The minimum absolute atomic E-state index is 0.191. The largest absolute Gasteiger partial charge is 0.364 e. The number of carbonyl (C=O) groups is 1. The monoisotopic (exact) mass is 244 g/mol. The van der Waals surface area contributed by atoms with E-state index in [-0.39, 0.29) is 5.91 Å². The molecule has 0 fully saturated rings. The van der Waals surface area contributed by atoms with Gasteiger partial charge in [-0.15, -0.1) is 0 Å².